The quantitative estimate of drug-likeness (QED) is 0.0198. The van der Waals surface area contributed by atoms with Crippen LogP contribution in [0, 0.1) is 24.4 Å². The lowest BCUT2D eigenvalue weighted by atomic mass is 9.67. The van der Waals surface area contributed by atoms with Crippen molar-refractivity contribution >= 4 is 46.3 Å². The number of aliphatic hydroxyl groups is 7. The fourth-order valence-electron chi connectivity index (χ4n) is 16.7. The number of benzene rings is 6. The van der Waals surface area contributed by atoms with Crippen LogP contribution in [0.5, 0.6) is 0 Å². The number of aromatic nitrogens is 12. The summed E-state index contributed by atoms with van der Waals surface area (Å²) < 4.78 is 41.6. The molecule has 688 valence electrons. The predicted octanol–water partition coefficient (Wildman–Crippen LogP) is 14.9. The smallest absolute Gasteiger partial charge is 0.191 e. The van der Waals surface area contributed by atoms with Gasteiger partial charge in [-0.1, -0.05) is 187 Å². The molecule has 16 rings (SSSR count). The second-order valence-electron chi connectivity index (χ2n) is 35.2. The minimum absolute atomic E-state index is 0.0523. The fraction of sp³-hybridized carbons (Fsp3) is 0.359. The van der Waals surface area contributed by atoms with Crippen LogP contribution in [0.4, 0.5) is 13.2 Å². The van der Waals surface area contributed by atoms with Gasteiger partial charge in [-0.15, -0.1) is 0 Å². The molecule has 12 aromatic rings. The molecule has 25 nitrogen and oxygen atoms in total. The molecule has 6 heterocycles. The van der Waals surface area contributed by atoms with E-state index in [1.54, 1.807) is 30.3 Å². The largest absolute Gasteiger partial charge is 0.392 e. The average Bonchev–Trinajstić information content (AvgIpc) is 1.58. The Balaban J connectivity index is 0.000000153. The summed E-state index contributed by atoms with van der Waals surface area (Å²) in [4.78, 5) is 119. The number of Topliss-reactive ketones (excluding diaryl/α,β-unsaturated/α-hetero) is 6. The number of aliphatic hydroxyl groups excluding tert-OH is 7. The highest BCUT2D eigenvalue weighted by Crippen LogP contribution is 2.52. The number of aryl methyl sites for hydroxylation is 1. The first-order chi connectivity index (χ1) is 63.4. The van der Waals surface area contributed by atoms with Crippen LogP contribution in [-0.4, -0.2) is 170 Å². The Morgan fingerprint density at radius 2 is 0.598 bits per heavy atom. The molecule has 6 aromatic carbocycles. The van der Waals surface area contributed by atoms with E-state index in [0.29, 0.717) is 81.0 Å². The number of carbonyl (C=O) groups is 6. The average molecular weight is 1820 g/mol. The molecule has 4 fully saturated rings. The second kappa shape index (κ2) is 46.6. The lowest BCUT2D eigenvalue weighted by molar-refractivity contribution is 0.0897. The molecular weight excluding hydrogens is 1710 g/mol. The van der Waals surface area contributed by atoms with E-state index in [0.717, 1.165) is 99.0 Å². The Morgan fingerprint density at radius 3 is 0.894 bits per heavy atom. The number of carbonyl (C=O) groups excluding carboxylic acids is 6. The van der Waals surface area contributed by atoms with Crippen molar-refractivity contribution in [3.05, 3.63) is 355 Å². The van der Waals surface area contributed by atoms with Gasteiger partial charge in [0, 0.05) is 140 Å². The van der Waals surface area contributed by atoms with Gasteiger partial charge in [-0.25, -0.2) is 73.0 Å². The predicted molar refractivity (Wildman–Crippen MR) is 490 cm³/mol. The molecular formula is C103H110ClF3N12O13. The van der Waals surface area contributed by atoms with Crippen LogP contribution >= 0.6 is 11.6 Å². The zero-order chi connectivity index (χ0) is 94.6. The van der Waals surface area contributed by atoms with Gasteiger partial charge >= 0.3 is 0 Å². The molecule has 0 saturated heterocycles. The summed E-state index contributed by atoms with van der Waals surface area (Å²) in [7, 11) is 0. The van der Waals surface area contributed by atoms with Crippen LogP contribution in [0.2, 0.25) is 5.02 Å². The van der Waals surface area contributed by atoms with E-state index >= 15 is 0 Å². The molecule has 7 N–H and O–H groups in total. The van der Waals surface area contributed by atoms with Gasteiger partial charge in [0.15, 0.2) is 34.7 Å². The van der Waals surface area contributed by atoms with E-state index in [9.17, 15) is 41.9 Å². The van der Waals surface area contributed by atoms with Crippen molar-refractivity contribution in [3.63, 3.8) is 0 Å². The molecule has 4 aliphatic carbocycles. The number of rotatable bonds is 31. The Hall–Kier alpha value is -12.4. The van der Waals surface area contributed by atoms with Crippen LogP contribution in [0.1, 0.15) is 253 Å². The Labute approximate surface area is 770 Å². The summed E-state index contributed by atoms with van der Waals surface area (Å²) in [6.07, 6.45) is 36.2. The molecule has 0 aliphatic heterocycles. The zero-order valence-corrected chi connectivity index (χ0v) is 75.4. The maximum atomic E-state index is 14.2. The number of hydrogen-bond acceptors (Lipinski definition) is 25. The molecule has 6 aromatic heterocycles. The first-order valence-electron chi connectivity index (χ1n) is 43.9. The van der Waals surface area contributed by atoms with Gasteiger partial charge in [-0.3, -0.25) is 28.8 Å². The lowest BCUT2D eigenvalue weighted by Crippen LogP contribution is -2.32. The zero-order valence-electron chi connectivity index (χ0n) is 74.6. The highest BCUT2D eigenvalue weighted by Gasteiger charge is 2.46. The number of nitrogens with zero attached hydrogens (tertiary/aromatic N) is 12. The third-order valence-corrected chi connectivity index (χ3v) is 25.0. The van der Waals surface area contributed by atoms with E-state index in [2.05, 4.69) is 120 Å². The van der Waals surface area contributed by atoms with Crippen molar-refractivity contribution in [2.24, 2.45) is 0 Å². The van der Waals surface area contributed by atoms with Crippen molar-refractivity contribution in [1.29, 1.82) is 0 Å². The number of hydrogen-bond donors (Lipinski definition) is 7. The molecule has 0 radical (unpaired) electrons. The molecule has 132 heavy (non-hydrogen) atoms. The molecule has 0 bridgehead atoms. The van der Waals surface area contributed by atoms with E-state index < -0.39 is 67.8 Å². The van der Waals surface area contributed by atoms with Crippen molar-refractivity contribution in [3.8, 4) is 0 Å². The Kier molecular flexibility index (Phi) is 35.4. The molecule has 0 amide bonds. The minimum atomic E-state index is -0.579. The maximum Gasteiger partial charge on any atom is 0.191 e. The van der Waals surface area contributed by atoms with Crippen LogP contribution < -0.4 is 0 Å². The van der Waals surface area contributed by atoms with Crippen molar-refractivity contribution < 1.29 is 77.7 Å². The second-order valence-corrected chi connectivity index (χ2v) is 35.7. The standard InChI is InChI=1S/C19H22N2O2.C18H20N2O2.C17H19FN2O2.C17H18N2O3.C16H16ClFN2O2.C16H15FN2O2/c22-14-17(23)15-12-20-18(21-13-15)11-19(9-5-2-6-10-19)16-7-3-1-4-8-16;21-13-16(22)14-11-19-17(20-12-14)10-18(8-4-5-9-18)15-6-2-1-3-7-15;1-11-4-5-13(14(18)6-11)17(2,3)7-16-19-8-12(9-20-16)15(22)10-21;20-10-12-1-3-14(4-2-12)17(5-6-17)7-16-18-8-13(9-19-16)15(22)11-21;1-16(2,12-4-3-11(17)5-13(12)18)6-15-19-7-10(8-20-15)14(22)9-21;17-13-3-1-2-12(6-13)16(4-5-16)7-15-18-8-11(9-19-15)14(21)10-20/h1,3-4,7-8,12-13,22H,2,5-6,9-11,14H2;1-3,6-7,11-12,21H,4-5,8-10,13H2;4-6,8-9,21H,7,10H2,1-3H3;1-4,8-9,20-21H,5-7,10-11H2;3-5,7-8,21H,6,9H2,1-2H3;1-3,6,8-9,20H,4-5,7,10H2. The van der Waals surface area contributed by atoms with Crippen molar-refractivity contribution in [2.45, 2.75) is 196 Å². The number of ketones is 6. The van der Waals surface area contributed by atoms with Gasteiger partial charge in [0.2, 0.25) is 0 Å². The third kappa shape index (κ3) is 27.2. The van der Waals surface area contributed by atoms with E-state index in [-0.39, 0.29) is 74.2 Å². The molecule has 4 aliphatic rings. The highest BCUT2D eigenvalue weighted by atomic mass is 35.5. The Morgan fingerprint density at radius 1 is 0.318 bits per heavy atom. The molecule has 29 heteroatoms. The van der Waals surface area contributed by atoms with Gasteiger partial charge in [0.05, 0.1) is 40.0 Å². The summed E-state index contributed by atoms with van der Waals surface area (Å²) in [5.41, 5.74) is 8.95. The van der Waals surface area contributed by atoms with Crippen molar-refractivity contribution in [1.82, 2.24) is 59.8 Å². The van der Waals surface area contributed by atoms with Gasteiger partial charge in [-0.05, 0) is 144 Å². The normalized spacial score (nSPS) is 14.6. The van der Waals surface area contributed by atoms with E-state index in [1.165, 1.54) is 141 Å². The molecule has 0 spiro atoms. The monoisotopic (exact) mass is 1810 g/mol. The van der Waals surface area contributed by atoms with Gasteiger partial charge in [0.1, 0.15) is 92.0 Å². The first kappa shape index (κ1) is 100. The summed E-state index contributed by atoms with van der Waals surface area (Å²) in [5.74, 6) is 0.746. The third-order valence-electron chi connectivity index (χ3n) is 24.8. The fourth-order valence-corrected chi connectivity index (χ4v) is 16.9. The summed E-state index contributed by atoms with van der Waals surface area (Å²) in [5, 5.41) is 62.4. The maximum absolute atomic E-state index is 14.2. The van der Waals surface area contributed by atoms with Crippen molar-refractivity contribution in [2.75, 3.05) is 39.6 Å². The van der Waals surface area contributed by atoms with E-state index in [4.69, 9.17) is 47.3 Å². The van der Waals surface area contributed by atoms with Gasteiger partial charge < -0.3 is 35.7 Å². The number of halogens is 4. The lowest BCUT2D eigenvalue weighted by Gasteiger charge is -2.37. The topological polar surface area (TPSA) is 399 Å². The SMILES string of the molecule is CC(C)(Cc1ncc(C(=O)CO)cn1)c1ccc(Cl)cc1F.Cc1ccc(C(C)(C)Cc2ncc(C(=O)CO)cn2)c(F)c1.O=C(CO)c1cnc(CC2(c3ccc(CO)cc3)CC2)nc1.O=C(CO)c1cnc(CC2(c3cccc(F)c3)CC2)nc1.O=C(CO)c1cnc(CC2(c3ccccc3)CCCC2)nc1.O=C(CO)c1cnc(CC2(c3ccccc3)CCCCC2)nc1. The van der Waals surface area contributed by atoms with E-state index in [1.807, 2.05) is 71.0 Å². The summed E-state index contributed by atoms with van der Waals surface area (Å²) in [6, 6.07) is 45.6. The van der Waals surface area contributed by atoms with Crippen LogP contribution in [0.15, 0.2) is 220 Å². The summed E-state index contributed by atoms with van der Waals surface area (Å²) >= 11 is 5.77. The van der Waals surface area contributed by atoms with Gasteiger partial charge in [0.25, 0.3) is 0 Å². The first-order valence-corrected chi connectivity index (χ1v) is 44.3. The highest BCUT2D eigenvalue weighted by molar-refractivity contribution is 6.30. The van der Waals surface area contributed by atoms with Gasteiger partial charge in [-0.2, -0.15) is 0 Å². The molecule has 0 unspecified atom stereocenters. The Bertz CT molecular complexity index is 5720. The molecule has 4 saturated carbocycles. The summed E-state index contributed by atoms with van der Waals surface area (Å²) in [6.45, 7) is 6.30. The van der Waals surface area contributed by atoms with Crippen LogP contribution in [0.3, 0.4) is 0 Å². The van der Waals surface area contributed by atoms with Crippen LogP contribution in [0.25, 0.3) is 0 Å². The van der Waals surface area contributed by atoms with Crippen LogP contribution in [-0.2, 0) is 77.6 Å². The molecule has 0 atom stereocenters. The minimum Gasteiger partial charge on any atom is -0.392 e.